The lowest BCUT2D eigenvalue weighted by atomic mass is 9.98. The number of aryl methyl sites for hydroxylation is 1. The van der Waals surface area contributed by atoms with Crippen molar-refractivity contribution >= 4 is 0 Å². The van der Waals surface area contributed by atoms with Gasteiger partial charge in [0, 0.05) is 0 Å². The van der Waals surface area contributed by atoms with Crippen molar-refractivity contribution in [2.45, 2.75) is 19.4 Å². The first-order valence-corrected chi connectivity index (χ1v) is 7.02. The van der Waals surface area contributed by atoms with Crippen LogP contribution >= 0.6 is 0 Å². The van der Waals surface area contributed by atoms with Crippen LogP contribution in [0.25, 0.3) is 0 Å². The molecule has 1 atom stereocenters. The summed E-state index contributed by atoms with van der Waals surface area (Å²) < 4.78 is 11.1. The van der Waals surface area contributed by atoms with Gasteiger partial charge >= 0.3 is 0 Å². The van der Waals surface area contributed by atoms with E-state index in [-0.39, 0.29) is 6.04 Å². The van der Waals surface area contributed by atoms with Crippen LogP contribution in [0.3, 0.4) is 0 Å². The fraction of sp³-hybridized carbons (Fsp3) is 0.294. The first kappa shape index (κ1) is 13.0. The van der Waals surface area contributed by atoms with Gasteiger partial charge in [0.15, 0.2) is 11.5 Å². The molecule has 0 saturated carbocycles. The second kappa shape index (κ2) is 5.55. The largest absolute Gasteiger partial charge is 0.486 e. The van der Waals surface area contributed by atoms with Crippen molar-refractivity contribution in [3.05, 3.63) is 59.2 Å². The lowest BCUT2D eigenvalue weighted by Gasteiger charge is -2.20. The number of fused-ring (bicyclic) bond motifs is 1. The molecule has 2 aromatic rings. The van der Waals surface area contributed by atoms with E-state index in [4.69, 9.17) is 15.2 Å². The standard InChI is InChI=1S/C17H19NO2/c1-2-12-3-5-13(6-4-12)17(18)14-7-8-15-16(11-14)20-10-9-19-15/h3-8,11,17H,2,9-10,18H2,1H3. The lowest BCUT2D eigenvalue weighted by molar-refractivity contribution is 0.171. The zero-order valence-corrected chi connectivity index (χ0v) is 11.6. The molecule has 2 aromatic carbocycles. The highest BCUT2D eigenvalue weighted by Gasteiger charge is 2.15. The molecule has 0 aromatic heterocycles. The molecule has 3 rings (SSSR count). The third-order valence-electron chi connectivity index (χ3n) is 3.67. The topological polar surface area (TPSA) is 44.5 Å². The number of ether oxygens (including phenoxy) is 2. The number of nitrogens with two attached hydrogens (primary N) is 1. The summed E-state index contributed by atoms with van der Waals surface area (Å²) in [6.07, 6.45) is 1.04. The molecular weight excluding hydrogens is 250 g/mol. The molecular formula is C17H19NO2. The van der Waals surface area contributed by atoms with E-state index < -0.39 is 0 Å². The van der Waals surface area contributed by atoms with Gasteiger partial charge in [0.1, 0.15) is 13.2 Å². The average Bonchev–Trinajstić information content (AvgIpc) is 2.54. The van der Waals surface area contributed by atoms with Crippen molar-refractivity contribution in [1.29, 1.82) is 0 Å². The molecule has 0 aliphatic carbocycles. The van der Waals surface area contributed by atoms with Gasteiger partial charge in [-0.05, 0) is 35.2 Å². The van der Waals surface area contributed by atoms with Gasteiger partial charge in [0.05, 0.1) is 6.04 Å². The lowest BCUT2D eigenvalue weighted by Crippen LogP contribution is -2.17. The normalized spacial score (nSPS) is 14.9. The molecule has 1 aliphatic rings. The summed E-state index contributed by atoms with van der Waals surface area (Å²) in [6, 6.07) is 14.2. The van der Waals surface area contributed by atoms with Crippen molar-refractivity contribution < 1.29 is 9.47 Å². The zero-order valence-electron chi connectivity index (χ0n) is 11.6. The minimum atomic E-state index is -0.142. The van der Waals surface area contributed by atoms with E-state index in [0.717, 1.165) is 29.0 Å². The van der Waals surface area contributed by atoms with Gasteiger partial charge in [-0.3, -0.25) is 0 Å². The molecule has 0 bridgehead atoms. The predicted molar refractivity (Wildman–Crippen MR) is 79.3 cm³/mol. The fourth-order valence-electron chi connectivity index (χ4n) is 2.41. The molecule has 3 heteroatoms. The maximum Gasteiger partial charge on any atom is 0.161 e. The van der Waals surface area contributed by atoms with Gasteiger partial charge < -0.3 is 15.2 Å². The van der Waals surface area contributed by atoms with Crippen LogP contribution in [0.15, 0.2) is 42.5 Å². The summed E-state index contributed by atoms with van der Waals surface area (Å²) in [5.41, 5.74) is 9.82. The van der Waals surface area contributed by atoms with E-state index in [0.29, 0.717) is 13.2 Å². The molecule has 0 fully saturated rings. The minimum Gasteiger partial charge on any atom is -0.486 e. The summed E-state index contributed by atoms with van der Waals surface area (Å²) in [6.45, 7) is 3.35. The second-order valence-corrected chi connectivity index (χ2v) is 4.98. The maximum absolute atomic E-state index is 6.34. The first-order valence-electron chi connectivity index (χ1n) is 7.02. The summed E-state index contributed by atoms with van der Waals surface area (Å²) >= 11 is 0. The predicted octanol–water partition coefficient (Wildman–Crippen LogP) is 3.07. The Morgan fingerprint density at radius 3 is 2.30 bits per heavy atom. The molecule has 1 heterocycles. The van der Waals surface area contributed by atoms with E-state index in [1.807, 2.05) is 18.2 Å². The molecule has 0 saturated heterocycles. The summed E-state index contributed by atoms with van der Waals surface area (Å²) in [5, 5.41) is 0. The highest BCUT2D eigenvalue weighted by atomic mass is 16.6. The number of hydrogen-bond donors (Lipinski definition) is 1. The van der Waals surface area contributed by atoms with E-state index in [1.165, 1.54) is 5.56 Å². The quantitative estimate of drug-likeness (QED) is 0.931. The van der Waals surface area contributed by atoms with Gasteiger partial charge in [0.2, 0.25) is 0 Å². The molecule has 0 spiro atoms. The number of rotatable bonds is 3. The highest BCUT2D eigenvalue weighted by molar-refractivity contribution is 5.46. The number of benzene rings is 2. The molecule has 0 radical (unpaired) electrons. The Bertz CT molecular complexity index is 592. The first-order chi connectivity index (χ1) is 9.78. The SMILES string of the molecule is CCc1ccc(C(N)c2ccc3c(c2)OCCO3)cc1. The van der Waals surface area contributed by atoms with E-state index in [9.17, 15) is 0 Å². The van der Waals surface area contributed by atoms with Gasteiger partial charge in [-0.2, -0.15) is 0 Å². The van der Waals surface area contributed by atoms with Crippen molar-refractivity contribution in [2.24, 2.45) is 5.73 Å². The Hall–Kier alpha value is -2.00. The molecule has 1 aliphatic heterocycles. The van der Waals surface area contributed by atoms with Gasteiger partial charge in [-0.25, -0.2) is 0 Å². The maximum atomic E-state index is 6.34. The Kier molecular flexibility index (Phi) is 3.61. The van der Waals surface area contributed by atoms with Crippen molar-refractivity contribution in [3.8, 4) is 11.5 Å². The third kappa shape index (κ3) is 2.49. The monoisotopic (exact) mass is 269 g/mol. The Morgan fingerprint density at radius 2 is 1.60 bits per heavy atom. The Balaban J connectivity index is 1.87. The summed E-state index contributed by atoms with van der Waals surface area (Å²) in [7, 11) is 0. The van der Waals surface area contributed by atoms with Crippen LogP contribution in [-0.2, 0) is 6.42 Å². The molecule has 20 heavy (non-hydrogen) atoms. The van der Waals surface area contributed by atoms with E-state index in [2.05, 4.69) is 31.2 Å². The van der Waals surface area contributed by atoms with Crippen molar-refractivity contribution in [2.75, 3.05) is 13.2 Å². The molecule has 3 nitrogen and oxygen atoms in total. The van der Waals surface area contributed by atoms with Crippen molar-refractivity contribution in [1.82, 2.24) is 0 Å². The van der Waals surface area contributed by atoms with Gasteiger partial charge in [-0.15, -0.1) is 0 Å². The molecule has 0 amide bonds. The molecule has 1 unspecified atom stereocenters. The fourth-order valence-corrected chi connectivity index (χ4v) is 2.41. The van der Waals surface area contributed by atoms with Crippen LogP contribution in [0.2, 0.25) is 0 Å². The third-order valence-corrected chi connectivity index (χ3v) is 3.67. The van der Waals surface area contributed by atoms with Gasteiger partial charge in [0.25, 0.3) is 0 Å². The smallest absolute Gasteiger partial charge is 0.161 e. The Morgan fingerprint density at radius 1 is 0.950 bits per heavy atom. The van der Waals surface area contributed by atoms with Gasteiger partial charge in [-0.1, -0.05) is 37.3 Å². The average molecular weight is 269 g/mol. The van der Waals surface area contributed by atoms with Crippen molar-refractivity contribution in [3.63, 3.8) is 0 Å². The van der Waals surface area contributed by atoms with E-state index >= 15 is 0 Å². The zero-order chi connectivity index (χ0) is 13.9. The highest BCUT2D eigenvalue weighted by Crippen LogP contribution is 2.33. The Labute approximate surface area is 119 Å². The second-order valence-electron chi connectivity index (χ2n) is 4.98. The molecule has 2 N–H and O–H groups in total. The van der Waals surface area contributed by atoms with Crippen LogP contribution < -0.4 is 15.2 Å². The van der Waals surface area contributed by atoms with Crippen LogP contribution in [0.5, 0.6) is 11.5 Å². The molecule has 104 valence electrons. The van der Waals surface area contributed by atoms with Crippen LogP contribution in [-0.4, -0.2) is 13.2 Å². The van der Waals surface area contributed by atoms with Crippen LogP contribution in [0.4, 0.5) is 0 Å². The van der Waals surface area contributed by atoms with E-state index in [1.54, 1.807) is 0 Å². The number of hydrogen-bond acceptors (Lipinski definition) is 3. The van der Waals surface area contributed by atoms with Crippen LogP contribution in [0.1, 0.15) is 29.7 Å². The summed E-state index contributed by atoms with van der Waals surface area (Å²) in [5.74, 6) is 1.59. The minimum absolute atomic E-state index is 0.142. The summed E-state index contributed by atoms with van der Waals surface area (Å²) in [4.78, 5) is 0. The van der Waals surface area contributed by atoms with Crippen LogP contribution in [0, 0.1) is 0 Å².